The summed E-state index contributed by atoms with van der Waals surface area (Å²) >= 11 is 1.53. The molecule has 35 heavy (non-hydrogen) atoms. The van der Waals surface area contributed by atoms with Crippen molar-refractivity contribution in [1.82, 2.24) is 0 Å². The van der Waals surface area contributed by atoms with Gasteiger partial charge in [0.1, 0.15) is 6.10 Å². The van der Waals surface area contributed by atoms with E-state index in [4.69, 9.17) is 9.26 Å². The maximum absolute atomic E-state index is 11.7. The molecule has 0 aromatic heterocycles. The van der Waals surface area contributed by atoms with E-state index in [1.165, 1.54) is 11.8 Å². The Kier molecular flexibility index (Phi) is 11.3. The maximum Gasteiger partial charge on any atom is 0.469 e. The van der Waals surface area contributed by atoms with Gasteiger partial charge in [-0.1, -0.05) is 49.6 Å². The highest BCUT2D eigenvalue weighted by Gasteiger charge is 2.44. The Hall–Kier alpha value is -1.19. The maximum atomic E-state index is 11.7. The molecule has 2 saturated carbocycles. The summed E-state index contributed by atoms with van der Waals surface area (Å²) in [5, 5.41) is 21.0. The normalized spacial score (nSPS) is 25.7. The highest BCUT2D eigenvalue weighted by Crippen LogP contribution is 2.47. The molecule has 2 aliphatic rings. The number of phosphoric ester groups is 1. The summed E-state index contributed by atoms with van der Waals surface area (Å²) < 4.78 is 21.7. The summed E-state index contributed by atoms with van der Waals surface area (Å²) in [5.41, 5.74) is 0. The monoisotopic (exact) mass is 528 g/mol. The van der Waals surface area contributed by atoms with Crippen molar-refractivity contribution in [2.75, 3.05) is 5.75 Å². The highest BCUT2D eigenvalue weighted by molar-refractivity contribution is 7.99. The number of unbranched alkanes of at least 4 members (excludes halogenated alkanes) is 3. The number of ether oxygens (including phenoxy) is 1. The zero-order valence-electron chi connectivity index (χ0n) is 19.9. The van der Waals surface area contributed by atoms with Gasteiger partial charge in [-0.3, -0.25) is 9.32 Å². The lowest BCUT2D eigenvalue weighted by Crippen LogP contribution is -2.22. The Morgan fingerprint density at radius 2 is 1.86 bits per heavy atom. The van der Waals surface area contributed by atoms with Gasteiger partial charge in [-0.2, -0.15) is 0 Å². The van der Waals surface area contributed by atoms with Crippen molar-refractivity contribution in [2.45, 2.75) is 87.1 Å². The van der Waals surface area contributed by atoms with E-state index in [0.29, 0.717) is 18.6 Å². The Balaban J connectivity index is 1.48. The first-order valence-electron chi connectivity index (χ1n) is 12.4. The first-order chi connectivity index (χ1) is 16.7. The van der Waals surface area contributed by atoms with Crippen LogP contribution in [0.5, 0.6) is 0 Å². The molecule has 8 nitrogen and oxygen atoms in total. The number of carbonyl (C=O) groups is 1. The number of aliphatic hydroxyl groups is 2. The van der Waals surface area contributed by atoms with Crippen LogP contribution in [0.4, 0.5) is 0 Å². The van der Waals surface area contributed by atoms with Crippen LogP contribution in [0, 0.1) is 11.8 Å². The summed E-state index contributed by atoms with van der Waals surface area (Å²) in [6, 6.07) is 9.74. The van der Waals surface area contributed by atoms with Crippen molar-refractivity contribution in [3.05, 3.63) is 42.5 Å². The molecule has 2 fully saturated rings. The summed E-state index contributed by atoms with van der Waals surface area (Å²) in [6.45, 7) is 0. The van der Waals surface area contributed by atoms with Crippen LogP contribution in [-0.2, 0) is 18.6 Å². The Labute approximate surface area is 211 Å². The zero-order chi connectivity index (χ0) is 25.3. The van der Waals surface area contributed by atoms with Gasteiger partial charge in [-0.05, 0) is 43.7 Å². The van der Waals surface area contributed by atoms with E-state index in [1.54, 1.807) is 12.2 Å². The van der Waals surface area contributed by atoms with Crippen LogP contribution < -0.4 is 0 Å². The largest absolute Gasteiger partial charge is 0.469 e. The van der Waals surface area contributed by atoms with Crippen LogP contribution in [0.15, 0.2) is 47.4 Å². The van der Waals surface area contributed by atoms with Crippen LogP contribution in [-0.4, -0.2) is 56.1 Å². The van der Waals surface area contributed by atoms with Gasteiger partial charge in [0.05, 0.1) is 18.3 Å². The van der Waals surface area contributed by atoms with Gasteiger partial charge in [0.25, 0.3) is 0 Å². The second kappa shape index (κ2) is 13.9. The zero-order valence-corrected chi connectivity index (χ0v) is 21.6. The number of phosphoric acid groups is 1. The van der Waals surface area contributed by atoms with E-state index < -0.39 is 26.1 Å². The molecular weight excluding hydrogens is 491 g/mol. The minimum atomic E-state index is -4.69. The fourth-order valence-corrected chi connectivity index (χ4v) is 5.91. The van der Waals surface area contributed by atoms with Gasteiger partial charge in [0.2, 0.25) is 0 Å². The topological polar surface area (TPSA) is 134 Å². The number of thioether (sulfide) groups is 1. The third-order valence-corrected chi connectivity index (χ3v) is 8.03. The predicted octanol–water partition coefficient (Wildman–Crippen LogP) is 4.22. The number of carbonyl (C=O) groups excluding carboxylic acids is 1. The molecule has 3 rings (SSSR count). The second-order valence-corrected chi connectivity index (χ2v) is 11.7. The van der Waals surface area contributed by atoms with E-state index in [0.717, 1.165) is 43.4 Å². The first kappa shape index (κ1) is 28.4. The Morgan fingerprint density at radius 3 is 2.54 bits per heavy atom. The predicted molar refractivity (Wildman–Crippen MR) is 134 cm³/mol. The number of benzene rings is 1. The summed E-state index contributed by atoms with van der Waals surface area (Å²) in [7, 11) is -4.69. The number of aliphatic hydroxyl groups excluding tert-OH is 2. The summed E-state index contributed by atoms with van der Waals surface area (Å²) in [4.78, 5) is 31.4. The van der Waals surface area contributed by atoms with E-state index in [9.17, 15) is 29.4 Å². The Morgan fingerprint density at radius 1 is 1.14 bits per heavy atom. The number of esters is 1. The molecule has 0 radical (unpaired) electrons. The molecular formula is C25H37O8PS. The van der Waals surface area contributed by atoms with Crippen molar-refractivity contribution < 1.29 is 38.6 Å². The summed E-state index contributed by atoms with van der Waals surface area (Å²) in [6.07, 6.45) is 7.61. The molecule has 4 N–H and O–H groups in total. The average Bonchev–Trinajstić information content (AvgIpc) is 3.56. The SMILES string of the molecule is O=C(CCCCCC[C@@H]1[C@@H](/C=C/[C@@H](O)CSc2ccccc2)[C@H](O)C[C@@H]1OP(=O)(O)O)OC1CC1. The Bertz CT molecular complexity index is 856. The number of rotatable bonds is 15. The van der Waals surface area contributed by atoms with E-state index in [-0.39, 0.29) is 30.3 Å². The lowest BCUT2D eigenvalue weighted by molar-refractivity contribution is -0.145. The molecule has 10 heteroatoms. The molecule has 0 heterocycles. The van der Waals surface area contributed by atoms with Crippen molar-refractivity contribution in [2.24, 2.45) is 11.8 Å². The molecule has 1 aromatic rings. The molecule has 0 saturated heterocycles. The fourth-order valence-electron chi connectivity index (χ4n) is 4.49. The van der Waals surface area contributed by atoms with Gasteiger partial charge in [0, 0.05) is 29.4 Å². The first-order valence-corrected chi connectivity index (χ1v) is 14.9. The molecule has 196 valence electrons. The quantitative estimate of drug-likeness (QED) is 0.0868. The van der Waals surface area contributed by atoms with E-state index in [1.807, 2.05) is 30.3 Å². The minimum absolute atomic E-state index is 0.127. The third-order valence-electron chi connectivity index (χ3n) is 6.37. The van der Waals surface area contributed by atoms with Gasteiger partial charge in [-0.15, -0.1) is 11.8 Å². The van der Waals surface area contributed by atoms with E-state index >= 15 is 0 Å². The van der Waals surface area contributed by atoms with Crippen LogP contribution in [0.3, 0.4) is 0 Å². The van der Waals surface area contributed by atoms with E-state index in [2.05, 4.69) is 0 Å². The molecule has 0 unspecified atom stereocenters. The van der Waals surface area contributed by atoms with Gasteiger partial charge in [-0.25, -0.2) is 4.57 Å². The van der Waals surface area contributed by atoms with Crippen molar-refractivity contribution in [3.8, 4) is 0 Å². The molecule has 0 bridgehead atoms. The average molecular weight is 529 g/mol. The molecule has 0 amide bonds. The third kappa shape index (κ3) is 10.8. The van der Waals surface area contributed by atoms with Crippen LogP contribution >= 0.6 is 19.6 Å². The molecule has 0 aliphatic heterocycles. The van der Waals surface area contributed by atoms with Crippen molar-refractivity contribution in [3.63, 3.8) is 0 Å². The lowest BCUT2D eigenvalue weighted by atomic mass is 9.88. The van der Waals surface area contributed by atoms with Gasteiger partial charge >= 0.3 is 13.8 Å². The van der Waals surface area contributed by atoms with Crippen LogP contribution in [0.2, 0.25) is 0 Å². The van der Waals surface area contributed by atoms with Gasteiger partial charge in [0.15, 0.2) is 0 Å². The number of hydrogen-bond acceptors (Lipinski definition) is 7. The summed E-state index contributed by atoms with van der Waals surface area (Å²) in [5.74, 6) is -0.325. The second-order valence-electron chi connectivity index (χ2n) is 9.40. The smallest absolute Gasteiger partial charge is 0.462 e. The molecule has 1 aromatic carbocycles. The van der Waals surface area contributed by atoms with Crippen molar-refractivity contribution >= 4 is 25.6 Å². The standard InChI is InChI=1S/C25H37O8PS/c26-18(17-35-20-8-4-3-5-9-20)12-15-21-22(24(16-23(21)27)33-34(29,30)31)10-6-1-2-7-11-25(28)32-19-13-14-19/h3-5,8-9,12,15,18-19,21-24,26-27H,1-2,6-7,10-11,13-14,16-17H2,(H2,29,30,31)/b15-12+/t18-,21-,22-,23-,24+/m1/s1. The van der Waals surface area contributed by atoms with Crippen LogP contribution in [0.1, 0.15) is 57.8 Å². The highest BCUT2D eigenvalue weighted by atomic mass is 32.2. The lowest BCUT2D eigenvalue weighted by Gasteiger charge is -2.24. The van der Waals surface area contributed by atoms with Crippen LogP contribution in [0.25, 0.3) is 0 Å². The molecule has 0 spiro atoms. The molecule has 2 aliphatic carbocycles. The number of hydrogen-bond donors (Lipinski definition) is 4. The van der Waals surface area contributed by atoms with Gasteiger partial charge < -0.3 is 24.7 Å². The van der Waals surface area contributed by atoms with Crippen molar-refractivity contribution in [1.29, 1.82) is 0 Å². The molecule has 5 atom stereocenters. The minimum Gasteiger partial charge on any atom is -0.462 e. The fraction of sp³-hybridized carbons (Fsp3) is 0.640.